The number of aryl methyl sites for hydroxylation is 1. The van der Waals surface area contributed by atoms with Crippen molar-refractivity contribution in [2.45, 2.75) is 194 Å². The van der Waals surface area contributed by atoms with Crippen LogP contribution >= 0.6 is 0 Å². The Bertz CT molecular complexity index is 511. The Morgan fingerprint density at radius 2 is 0.757 bits per heavy atom. The molecular formula is C36H67N. The number of nitrogens with zero attached hydrogens (tertiary/aromatic N) is 1. The monoisotopic (exact) mass is 514 g/mol. The van der Waals surface area contributed by atoms with E-state index in [1.165, 1.54) is 185 Å². The third-order valence-electron chi connectivity index (χ3n) is 8.52. The molecule has 1 rings (SSSR count). The standard InChI is InChI=1S/C36H67N/c1-3-5-7-9-11-13-15-17-19-21-23-25-27-35(29-30-36-31-33-37-34-32-36)28-26-24-22-20-18-16-14-12-10-8-6-4-2/h31-35H,3-30H2,1-2H3. The predicted octanol–water partition coefficient (Wildman–Crippen LogP) is 12.8. The van der Waals surface area contributed by atoms with Crippen molar-refractivity contribution in [1.82, 2.24) is 4.98 Å². The maximum absolute atomic E-state index is 4.20. The van der Waals surface area contributed by atoms with Gasteiger partial charge in [0, 0.05) is 12.4 Å². The number of rotatable bonds is 29. The second-order valence-electron chi connectivity index (χ2n) is 12.1. The summed E-state index contributed by atoms with van der Waals surface area (Å²) in [7, 11) is 0. The van der Waals surface area contributed by atoms with Crippen LogP contribution in [0.25, 0.3) is 0 Å². The molecule has 216 valence electrons. The molecule has 1 heterocycles. The Balaban J connectivity index is 2.07. The van der Waals surface area contributed by atoms with Gasteiger partial charge in [0.2, 0.25) is 0 Å². The third-order valence-corrected chi connectivity index (χ3v) is 8.52. The predicted molar refractivity (Wildman–Crippen MR) is 167 cm³/mol. The summed E-state index contributed by atoms with van der Waals surface area (Å²) in [5.41, 5.74) is 1.48. The van der Waals surface area contributed by atoms with Gasteiger partial charge in [-0.3, -0.25) is 4.98 Å². The summed E-state index contributed by atoms with van der Waals surface area (Å²) in [5.74, 6) is 0.930. The van der Waals surface area contributed by atoms with Crippen molar-refractivity contribution in [1.29, 1.82) is 0 Å². The molecule has 0 atom stereocenters. The number of unbranched alkanes of at least 4 members (excludes halogenated alkanes) is 22. The van der Waals surface area contributed by atoms with Crippen LogP contribution in [0.4, 0.5) is 0 Å². The Hall–Kier alpha value is -0.850. The lowest BCUT2D eigenvalue weighted by molar-refractivity contribution is 0.380. The third kappa shape index (κ3) is 24.0. The van der Waals surface area contributed by atoms with Crippen molar-refractivity contribution in [3.63, 3.8) is 0 Å². The van der Waals surface area contributed by atoms with Crippen LogP contribution in [-0.2, 0) is 6.42 Å². The molecule has 0 fully saturated rings. The summed E-state index contributed by atoms with van der Waals surface area (Å²) in [6.07, 6.45) is 44.4. The number of hydrogen-bond donors (Lipinski definition) is 0. The van der Waals surface area contributed by atoms with Gasteiger partial charge in [-0.15, -0.1) is 0 Å². The lowest BCUT2D eigenvalue weighted by Gasteiger charge is -2.17. The molecule has 0 aliphatic heterocycles. The molecular weight excluding hydrogens is 446 g/mol. The van der Waals surface area contributed by atoms with E-state index >= 15 is 0 Å². The van der Waals surface area contributed by atoms with Crippen LogP contribution in [-0.4, -0.2) is 4.98 Å². The van der Waals surface area contributed by atoms with Crippen molar-refractivity contribution < 1.29 is 0 Å². The van der Waals surface area contributed by atoms with Crippen molar-refractivity contribution in [3.05, 3.63) is 30.1 Å². The highest BCUT2D eigenvalue weighted by Crippen LogP contribution is 2.24. The molecule has 0 amide bonds. The van der Waals surface area contributed by atoms with E-state index in [0.29, 0.717) is 0 Å². The fraction of sp³-hybridized carbons (Fsp3) is 0.861. The first kappa shape index (κ1) is 34.2. The van der Waals surface area contributed by atoms with E-state index < -0.39 is 0 Å². The molecule has 1 aromatic heterocycles. The van der Waals surface area contributed by atoms with Crippen LogP contribution in [0.1, 0.15) is 193 Å². The zero-order valence-electron chi connectivity index (χ0n) is 25.6. The van der Waals surface area contributed by atoms with Crippen LogP contribution in [0.3, 0.4) is 0 Å². The molecule has 0 spiro atoms. The molecule has 0 saturated heterocycles. The molecule has 1 heteroatoms. The molecule has 0 unspecified atom stereocenters. The van der Waals surface area contributed by atoms with Gasteiger partial charge in [0.25, 0.3) is 0 Å². The highest BCUT2D eigenvalue weighted by atomic mass is 14.6. The number of aromatic nitrogens is 1. The molecule has 0 saturated carbocycles. The maximum atomic E-state index is 4.20. The van der Waals surface area contributed by atoms with Gasteiger partial charge in [0.1, 0.15) is 0 Å². The Labute approximate surface area is 234 Å². The number of hydrogen-bond acceptors (Lipinski definition) is 1. The zero-order chi connectivity index (χ0) is 26.5. The topological polar surface area (TPSA) is 12.9 Å². The van der Waals surface area contributed by atoms with E-state index in [2.05, 4.69) is 31.0 Å². The van der Waals surface area contributed by atoms with Gasteiger partial charge in [-0.05, 0) is 36.5 Å². The van der Waals surface area contributed by atoms with E-state index in [4.69, 9.17) is 0 Å². The quantitative estimate of drug-likeness (QED) is 0.0970. The minimum absolute atomic E-state index is 0.930. The first-order chi connectivity index (χ1) is 18.4. The summed E-state index contributed by atoms with van der Waals surface area (Å²) in [4.78, 5) is 4.20. The molecule has 1 aromatic rings. The fourth-order valence-corrected chi connectivity index (χ4v) is 5.90. The zero-order valence-corrected chi connectivity index (χ0v) is 25.6. The molecule has 0 bridgehead atoms. The Kier molecular flexibility index (Phi) is 26.0. The van der Waals surface area contributed by atoms with Gasteiger partial charge >= 0.3 is 0 Å². The Morgan fingerprint density at radius 1 is 0.432 bits per heavy atom. The highest BCUT2D eigenvalue weighted by Gasteiger charge is 2.09. The summed E-state index contributed by atoms with van der Waals surface area (Å²) in [6.45, 7) is 4.62. The lowest BCUT2D eigenvalue weighted by atomic mass is 9.89. The SMILES string of the molecule is CCCCCCCCCCCCCCC(CCCCCCCCCCCCCC)CCc1ccncc1. The van der Waals surface area contributed by atoms with Crippen LogP contribution < -0.4 is 0 Å². The van der Waals surface area contributed by atoms with E-state index in [1.54, 1.807) is 0 Å². The van der Waals surface area contributed by atoms with Gasteiger partial charge in [0.05, 0.1) is 0 Å². The summed E-state index contributed by atoms with van der Waals surface area (Å²) < 4.78 is 0. The first-order valence-electron chi connectivity index (χ1n) is 17.3. The molecule has 0 radical (unpaired) electrons. The van der Waals surface area contributed by atoms with Crippen LogP contribution in [0.15, 0.2) is 24.5 Å². The maximum Gasteiger partial charge on any atom is 0.0270 e. The Morgan fingerprint density at radius 3 is 1.11 bits per heavy atom. The first-order valence-corrected chi connectivity index (χ1v) is 17.3. The van der Waals surface area contributed by atoms with Crippen molar-refractivity contribution in [2.75, 3.05) is 0 Å². The van der Waals surface area contributed by atoms with Crippen molar-refractivity contribution in [3.8, 4) is 0 Å². The average molecular weight is 514 g/mol. The average Bonchev–Trinajstić information content (AvgIpc) is 2.93. The van der Waals surface area contributed by atoms with E-state index in [0.717, 1.165) is 5.92 Å². The number of pyridine rings is 1. The molecule has 1 nitrogen and oxygen atoms in total. The van der Waals surface area contributed by atoms with Crippen LogP contribution in [0.2, 0.25) is 0 Å². The normalized spacial score (nSPS) is 11.5. The molecule has 0 aliphatic rings. The van der Waals surface area contributed by atoms with E-state index in [-0.39, 0.29) is 0 Å². The van der Waals surface area contributed by atoms with Crippen molar-refractivity contribution in [2.24, 2.45) is 5.92 Å². The van der Waals surface area contributed by atoms with Gasteiger partial charge in [-0.1, -0.05) is 181 Å². The summed E-state index contributed by atoms with van der Waals surface area (Å²) >= 11 is 0. The van der Waals surface area contributed by atoms with Gasteiger partial charge in [-0.2, -0.15) is 0 Å². The van der Waals surface area contributed by atoms with E-state index in [9.17, 15) is 0 Å². The lowest BCUT2D eigenvalue weighted by Crippen LogP contribution is -2.03. The molecule has 0 aliphatic carbocycles. The second-order valence-corrected chi connectivity index (χ2v) is 12.1. The van der Waals surface area contributed by atoms with E-state index in [1.807, 2.05) is 12.4 Å². The minimum Gasteiger partial charge on any atom is -0.265 e. The summed E-state index contributed by atoms with van der Waals surface area (Å²) in [6, 6.07) is 4.43. The second kappa shape index (κ2) is 28.2. The van der Waals surface area contributed by atoms with Crippen LogP contribution in [0.5, 0.6) is 0 Å². The molecule has 0 aromatic carbocycles. The van der Waals surface area contributed by atoms with Crippen LogP contribution in [0, 0.1) is 5.92 Å². The van der Waals surface area contributed by atoms with Gasteiger partial charge in [-0.25, -0.2) is 0 Å². The molecule has 0 N–H and O–H groups in total. The largest absolute Gasteiger partial charge is 0.265 e. The smallest absolute Gasteiger partial charge is 0.0270 e. The van der Waals surface area contributed by atoms with Gasteiger partial charge in [0.15, 0.2) is 0 Å². The highest BCUT2D eigenvalue weighted by molar-refractivity contribution is 5.09. The minimum atomic E-state index is 0.930. The van der Waals surface area contributed by atoms with Gasteiger partial charge < -0.3 is 0 Å². The summed E-state index contributed by atoms with van der Waals surface area (Å²) in [5, 5.41) is 0. The molecule has 37 heavy (non-hydrogen) atoms. The van der Waals surface area contributed by atoms with Crippen molar-refractivity contribution >= 4 is 0 Å². The fourth-order valence-electron chi connectivity index (χ4n) is 5.90.